The zero-order valence-corrected chi connectivity index (χ0v) is 10.9. The molecule has 96 valence electrons. The lowest BCUT2D eigenvalue weighted by atomic mass is 9.62. The van der Waals surface area contributed by atoms with Gasteiger partial charge in [-0.15, -0.1) is 0 Å². The van der Waals surface area contributed by atoms with Gasteiger partial charge in [-0.05, 0) is 61.9 Å². The Morgan fingerprint density at radius 1 is 1.06 bits per heavy atom. The molecule has 1 spiro atoms. The molecular weight excluding hydrogens is 212 g/mol. The Morgan fingerprint density at radius 3 is 2.24 bits per heavy atom. The van der Waals surface area contributed by atoms with E-state index in [1.807, 2.05) is 0 Å². The first-order valence-electron chi connectivity index (χ1n) is 7.00. The van der Waals surface area contributed by atoms with Gasteiger partial charge in [0, 0.05) is 0 Å². The molecule has 2 fully saturated rings. The van der Waals surface area contributed by atoms with Crippen LogP contribution in [0.2, 0.25) is 0 Å². The fraction of sp³-hybridized carbons (Fsp3) is 0.800. The second kappa shape index (κ2) is 5.70. The minimum absolute atomic E-state index is 0.489. The van der Waals surface area contributed by atoms with Gasteiger partial charge in [-0.25, -0.2) is 0 Å². The summed E-state index contributed by atoms with van der Waals surface area (Å²) < 4.78 is 4.63. The lowest BCUT2D eigenvalue weighted by Crippen LogP contribution is -2.31. The monoisotopic (exact) mass is 236 g/mol. The number of ether oxygens (including phenoxy) is 1. The van der Waals surface area contributed by atoms with E-state index in [4.69, 9.17) is 0 Å². The van der Waals surface area contributed by atoms with Gasteiger partial charge in [0.05, 0.1) is 6.26 Å². The maximum absolute atomic E-state index is 10.0. The molecule has 2 heteroatoms. The molecule has 0 bridgehead atoms. The van der Waals surface area contributed by atoms with Crippen molar-refractivity contribution in [2.75, 3.05) is 0 Å². The van der Waals surface area contributed by atoms with E-state index in [0.29, 0.717) is 17.8 Å². The first-order chi connectivity index (χ1) is 8.24. The van der Waals surface area contributed by atoms with E-state index >= 15 is 0 Å². The third kappa shape index (κ3) is 3.34. The number of allylic oxidation sites excluding steroid dienone is 1. The first-order valence-corrected chi connectivity index (χ1v) is 7.00. The first kappa shape index (κ1) is 12.7. The van der Waals surface area contributed by atoms with Crippen molar-refractivity contribution >= 4 is 6.47 Å². The summed E-state index contributed by atoms with van der Waals surface area (Å²) in [6.07, 6.45) is 14.6. The van der Waals surface area contributed by atoms with Crippen LogP contribution in [0.3, 0.4) is 0 Å². The van der Waals surface area contributed by atoms with Gasteiger partial charge in [0.25, 0.3) is 6.47 Å². The molecule has 0 aromatic rings. The van der Waals surface area contributed by atoms with E-state index in [2.05, 4.69) is 17.7 Å². The van der Waals surface area contributed by atoms with Crippen LogP contribution in [0.15, 0.2) is 12.3 Å². The van der Waals surface area contributed by atoms with Crippen molar-refractivity contribution in [2.45, 2.75) is 58.3 Å². The molecule has 17 heavy (non-hydrogen) atoms. The van der Waals surface area contributed by atoms with Crippen LogP contribution in [0.1, 0.15) is 58.3 Å². The van der Waals surface area contributed by atoms with Gasteiger partial charge in [-0.3, -0.25) is 4.79 Å². The van der Waals surface area contributed by atoms with E-state index in [1.165, 1.54) is 51.4 Å². The molecule has 0 amide bonds. The van der Waals surface area contributed by atoms with Crippen LogP contribution in [-0.2, 0) is 9.53 Å². The normalized spacial score (nSPS) is 38.4. The molecule has 0 unspecified atom stereocenters. The van der Waals surface area contributed by atoms with Gasteiger partial charge in [0.15, 0.2) is 0 Å². The van der Waals surface area contributed by atoms with Crippen LogP contribution < -0.4 is 0 Å². The lowest BCUT2D eigenvalue weighted by molar-refractivity contribution is -0.123. The smallest absolute Gasteiger partial charge is 0.297 e. The minimum Gasteiger partial charge on any atom is -0.437 e. The molecule has 2 nitrogen and oxygen atoms in total. The largest absolute Gasteiger partial charge is 0.437 e. The average Bonchev–Trinajstić information content (AvgIpc) is 2.36. The molecule has 0 radical (unpaired) electrons. The number of hydrogen-bond acceptors (Lipinski definition) is 2. The van der Waals surface area contributed by atoms with E-state index < -0.39 is 0 Å². The molecule has 0 aromatic carbocycles. The predicted molar refractivity (Wildman–Crippen MR) is 68.3 cm³/mol. The zero-order chi connectivity index (χ0) is 12.1. The van der Waals surface area contributed by atoms with Gasteiger partial charge in [0.1, 0.15) is 0 Å². The maximum atomic E-state index is 10.0. The van der Waals surface area contributed by atoms with Crippen LogP contribution in [0.5, 0.6) is 0 Å². The Hall–Kier alpha value is -0.790. The van der Waals surface area contributed by atoms with Crippen LogP contribution in [-0.4, -0.2) is 6.47 Å². The fourth-order valence-corrected chi connectivity index (χ4v) is 3.51. The molecule has 0 atom stereocenters. The summed E-state index contributed by atoms with van der Waals surface area (Å²) in [7, 11) is 0. The van der Waals surface area contributed by atoms with Crippen molar-refractivity contribution in [3.63, 3.8) is 0 Å². The summed E-state index contributed by atoms with van der Waals surface area (Å²) in [5.41, 5.74) is 0.669. The lowest BCUT2D eigenvalue weighted by Gasteiger charge is -2.44. The zero-order valence-electron chi connectivity index (χ0n) is 10.9. The highest BCUT2D eigenvalue weighted by Crippen LogP contribution is 2.50. The summed E-state index contributed by atoms with van der Waals surface area (Å²) >= 11 is 0. The van der Waals surface area contributed by atoms with Crippen molar-refractivity contribution in [1.82, 2.24) is 0 Å². The minimum atomic E-state index is 0.489. The van der Waals surface area contributed by atoms with Crippen LogP contribution >= 0.6 is 0 Å². The number of carbonyl (C=O) groups is 1. The Labute approximate surface area is 104 Å². The highest BCUT2D eigenvalue weighted by atomic mass is 16.5. The Morgan fingerprint density at radius 2 is 1.65 bits per heavy atom. The van der Waals surface area contributed by atoms with Gasteiger partial charge in [0.2, 0.25) is 0 Å². The van der Waals surface area contributed by atoms with Gasteiger partial charge < -0.3 is 4.74 Å². The van der Waals surface area contributed by atoms with Crippen molar-refractivity contribution in [3.05, 3.63) is 12.3 Å². The highest BCUT2D eigenvalue weighted by Gasteiger charge is 2.36. The fourth-order valence-electron chi connectivity index (χ4n) is 3.51. The standard InChI is InChI=1S/C15H24O2/c1-13-2-7-15(8-3-13)9-4-14(5-10-15)6-11-17-12-16/h6,11-14H,2-5,7-10H2,1H3/b11-6+. The number of rotatable bonds is 3. The number of carbonyl (C=O) groups excluding carboxylic acids is 1. The molecule has 0 saturated heterocycles. The summed E-state index contributed by atoms with van der Waals surface area (Å²) in [6, 6.07) is 0. The molecule has 2 rings (SSSR count). The highest BCUT2D eigenvalue weighted by molar-refractivity contribution is 5.38. The van der Waals surface area contributed by atoms with Crippen LogP contribution in [0.4, 0.5) is 0 Å². The van der Waals surface area contributed by atoms with Gasteiger partial charge >= 0.3 is 0 Å². The summed E-state index contributed by atoms with van der Waals surface area (Å²) in [6.45, 7) is 2.88. The molecule has 0 aromatic heterocycles. The molecule has 2 aliphatic carbocycles. The number of hydrogen-bond donors (Lipinski definition) is 0. The van der Waals surface area contributed by atoms with Crippen molar-refractivity contribution in [3.8, 4) is 0 Å². The molecule has 0 heterocycles. The SMILES string of the molecule is CC1CCC2(CC1)CCC(/C=C/OC=O)CC2. The van der Waals surface area contributed by atoms with E-state index in [9.17, 15) is 4.79 Å². The average molecular weight is 236 g/mol. The molecule has 2 saturated carbocycles. The molecular formula is C15H24O2. The molecule has 0 N–H and O–H groups in total. The topological polar surface area (TPSA) is 26.3 Å². The second-order valence-electron chi connectivity index (χ2n) is 6.08. The third-order valence-corrected chi connectivity index (χ3v) is 4.91. The summed E-state index contributed by atoms with van der Waals surface area (Å²) in [5.74, 6) is 1.57. The quantitative estimate of drug-likeness (QED) is 0.545. The molecule has 2 aliphatic rings. The molecule has 0 aliphatic heterocycles. The third-order valence-electron chi connectivity index (χ3n) is 4.91. The van der Waals surface area contributed by atoms with E-state index in [1.54, 1.807) is 6.26 Å². The van der Waals surface area contributed by atoms with Crippen LogP contribution in [0.25, 0.3) is 0 Å². The maximum Gasteiger partial charge on any atom is 0.297 e. The Balaban J connectivity index is 1.79. The van der Waals surface area contributed by atoms with Crippen LogP contribution in [0, 0.1) is 17.3 Å². The van der Waals surface area contributed by atoms with Gasteiger partial charge in [-0.2, -0.15) is 0 Å². The summed E-state index contributed by atoms with van der Waals surface area (Å²) in [4.78, 5) is 10.0. The van der Waals surface area contributed by atoms with Gasteiger partial charge in [-0.1, -0.05) is 19.8 Å². The van der Waals surface area contributed by atoms with Crippen molar-refractivity contribution in [2.24, 2.45) is 17.3 Å². The predicted octanol–water partition coefficient (Wildman–Crippen LogP) is 4.06. The van der Waals surface area contributed by atoms with E-state index in [0.717, 1.165) is 5.92 Å². The van der Waals surface area contributed by atoms with Crippen molar-refractivity contribution in [1.29, 1.82) is 0 Å². The Kier molecular flexibility index (Phi) is 4.25. The summed E-state index contributed by atoms with van der Waals surface area (Å²) in [5, 5.41) is 0. The second-order valence-corrected chi connectivity index (χ2v) is 6.08. The Bertz CT molecular complexity index is 265. The van der Waals surface area contributed by atoms with Crippen molar-refractivity contribution < 1.29 is 9.53 Å². The van der Waals surface area contributed by atoms with E-state index in [-0.39, 0.29) is 0 Å².